The number of nitrogen functional groups attached to an aromatic ring is 1. The van der Waals surface area contributed by atoms with Gasteiger partial charge >= 0.3 is 0 Å². The molecule has 0 aliphatic heterocycles. The largest absolute Gasteiger partial charge is 0.398 e. The van der Waals surface area contributed by atoms with Gasteiger partial charge in [0.25, 0.3) is 0 Å². The molecule has 1 aromatic heterocycles. The molecule has 0 amide bonds. The summed E-state index contributed by atoms with van der Waals surface area (Å²) < 4.78 is 0. The molecule has 0 aliphatic rings. The molecule has 2 N–H and O–H groups in total. The SMILES string of the molecule is Cc1nc(-c2ccc(N)c(S)c2)nc(C)c1Cl. The van der Waals surface area contributed by atoms with Crippen molar-refractivity contribution in [1.29, 1.82) is 0 Å². The molecular weight excluding hydrogens is 254 g/mol. The van der Waals surface area contributed by atoms with E-state index in [1.54, 1.807) is 6.07 Å². The minimum atomic E-state index is 0.607. The zero-order valence-corrected chi connectivity index (χ0v) is 11.2. The van der Waals surface area contributed by atoms with Crippen LogP contribution in [0.15, 0.2) is 23.1 Å². The van der Waals surface area contributed by atoms with Crippen LogP contribution in [0.1, 0.15) is 11.4 Å². The van der Waals surface area contributed by atoms with Crippen molar-refractivity contribution in [3.63, 3.8) is 0 Å². The van der Waals surface area contributed by atoms with E-state index in [2.05, 4.69) is 22.6 Å². The standard InChI is InChI=1S/C12H12ClN3S/c1-6-11(13)7(2)16-12(15-6)8-3-4-9(14)10(17)5-8/h3-5,17H,14H2,1-2H3. The van der Waals surface area contributed by atoms with Gasteiger partial charge < -0.3 is 5.73 Å². The predicted molar refractivity (Wildman–Crippen MR) is 73.6 cm³/mol. The van der Waals surface area contributed by atoms with Crippen molar-refractivity contribution in [3.05, 3.63) is 34.6 Å². The number of nitrogens with two attached hydrogens (primary N) is 1. The molecule has 0 aliphatic carbocycles. The van der Waals surface area contributed by atoms with Crippen LogP contribution in [0.25, 0.3) is 11.4 Å². The molecule has 5 heteroatoms. The lowest BCUT2D eigenvalue weighted by Gasteiger charge is -2.07. The summed E-state index contributed by atoms with van der Waals surface area (Å²) in [5.74, 6) is 0.639. The van der Waals surface area contributed by atoms with Gasteiger partial charge in [0.05, 0.1) is 16.4 Å². The first-order valence-corrected chi connectivity index (χ1v) is 5.91. The van der Waals surface area contributed by atoms with Crippen LogP contribution in [0.3, 0.4) is 0 Å². The van der Waals surface area contributed by atoms with Crippen LogP contribution in [-0.2, 0) is 0 Å². The van der Waals surface area contributed by atoms with Crippen molar-refractivity contribution < 1.29 is 0 Å². The highest BCUT2D eigenvalue weighted by atomic mass is 35.5. The number of benzene rings is 1. The monoisotopic (exact) mass is 265 g/mol. The Balaban J connectivity index is 2.57. The number of rotatable bonds is 1. The maximum absolute atomic E-state index is 6.03. The Hall–Kier alpha value is -1.26. The van der Waals surface area contributed by atoms with Crippen molar-refractivity contribution in [2.75, 3.05) is 5.73 Å². The van der Waals surface area contributed by atoms with Gasteiger partial charge in [0, 0.05) is 16.1 Å². The van der Waals surface area contributed by atoms with E-state index in [9.17, 15) is 0 Å². The maximum atomic E-state index is 6.03. The molecule has 17 heavy (non-hydrogen) atoms. The Labute approximate surface area is 110 Å². The second-order valence-electron chi connectivity index (χ2n) is 3.81. The average molecular weight is 266 g/mol. The molecule has 0 saturated carbocycles. The van der Waals surface area contributed by atoms with E-state index >= 15 is 0 Å². The summed E-state index contributed by atoms with van der Waals surface area (Å²) >= 11 is 10.3. The van der Waals surface area contributed by atoms with Gasteiger partial charge in [-0.05, 0) is 32.0 Å². The molecule has 1 aromatic carbocycles. The molecule has 0 bridgehead atoms. The van der Waals surface area contributed by atoms with Crippen molar-refractivity contribution >= 4 is 29.9 Å². The molecule has 2 rings (SSSR count). The van der Waals surface area contributed by atoms with Crippen molar-refractivity contribution in [2.24, 2.45) is 0 Å². The summed E-state index contributed by atoms with van der Waals surface area (Å²) in [6.45, 7) is 3.72. The summed E-state index contributed by atoms with van der Waals surface area (Å²) in [7, 11) is 0. The van der Waals surface area contributed by atoms with Gasteiger partial charge in [0.15, 0.2) is 5.82 Å². The molecular formula is C12H12ClN3S. The van der Waals surface area contributed by atoms with Crippen LogP contribution in [0.4, 0.5) is 5.69 Å². The van der Waals surface area contributed by atoms with Crippen LogP contribution in [0.5, 0.6) is 0 Å². The minimum Gasteiger partial charge on any atom is -0.398 e. The number of anilines is 1. The number of hydrogen-bond acceptors (Lipinski definition) is 4. The van der Waals surface area contributed by atoms with Crippen LogP contribution in [-0.4, -0.2) is 9.97 Å². The Morgan fingerprint density at radius 1 is 1.18 bits per heavy atom. The van der Waals surface area contributed by atoms with E-state index in [0.29, 0.717) is 16.5 Å². The smallest absolute Gasteiger partial charge is 0.159 e. The lowest BCUT2D eigenvalue weighted by Crippen LogP contribution is -1.97. The molecule has 0 unspecified atom stereocenters. The third-order valence-electron chi connectivity index (χ3n) is 2.47. The van der Waals surface area contributed by atoms with E-state index in [1.165, 1.54) is 0 Å². The number of halogens is 1. The third kappa shape index (κ3) is 2.37. The fourth-order valence-corrected chi connectivity index (χ4v) is 1.81. The highest BCUT2D eigenvalue weighted by Gasteiger charge is 2.08. The van der Waals surface area contributed by atoms with Gasteiger partial charge in [-0.25, -0.2) is 9.97 Å². The van der Waals surface area contributed by atoms with E-state index in [1.807, 2.05) is 26.0 Å². The highest BCUT2D eigenvalue weighted by molar-refractivity contribution is 7.80. The molecule has 1 heterocycles. The van der Waals surface area contributed by atoms with Gasteiger partial charge in [-0.15, -0.1) is 12.6 Å². The summed E-state index contributed by atoms with van der Waals surface area (Å²) in [5, 5.41) is 0.607. The first-order valence-electron chi connectivity index (χ1n) is 5.08. The normalized spacial score (nSPS) is 10.6. The van der Waals surface area contributed by atoms with E-state index in [0.717, 1.165) is 21.8 Å². The van der Waals surface area contributed by atoms with Crippen LogP contribution < -0.4 is 5.73 Å². The van der Waals surface area contributed by atoms with Gasteiger partial charge in [-0.2, -0.15) is 0 Å². The Bertz CT molecular complexity index is 561. The van der Waals surface area contributed by atoms with Crippen LogP contribution in [0.2, 0.25) is 5.02 Å². The van der Waals surface area contributed by atoms with Crippen LogP contribution in [0, 0.1) is 13.8 Å². The third-order valence-corrected chi connectivity index (χ3v) is 3.41. The number of hydrogen-bond donors (Lipinski definition) is 2. The second-order valence-corrected chi connectivity index (χ2v) is 4.67. The fourth-order valence-electron chi connectivity index (χ4n) is 1.51. The Morgan fingerprint density at radius 3 is 2.29 bits per heavy atom. The fraction of sp³-hybridized carbons (Fsp3) is 0.167. The van der Waals surface area contributed by atoms with Gasteiger partial charge in [0.2, 0.25) is 0 Å². The van der Waals surface area contributed by atoms with Crippen molar-refractivity contribution in [1.82, 2.24) is 9.97 Å². The molecule has 0 atom stereocenters. The Kier molecular flexibility index (Phi) is 3.26. The summed E-state index contributed by atoms with van der Waals surface area (Å²) in [4.78, 5) is 9.43. The lowest BCUT2D eigenvalue weighted by molar-refractivity contribution is 1.06. The topological polar surface area (TPSA) is 51.8 Å². The molecule has 88 valence electrons. The predicted octanol–water partition coefficient (Wildman–Crippen LogP) is 3.28. The van der Waals surface area contributed by atoms with E-state index in [-0.39, 0.29) is 0 Å². The van der Waals surface area contributed by atoms with Gasteiger partial charge in [-0.1, -0.05) is 11.6 Å². The highest BCUT2D eigenvalue weighted by Crippen LogP contribution is 2.26. The quantitative estimate of drug-likeness (QED) is 0.615. The maximum Gasteiger partial charge on any atom is 0.159 e. The minimum absolute atomic E-state index is 0.607. The zero-order chi connectivity index (χ0) is 12.6. The van der Waals surface area contributed by atoms with Crippen molar-refractivity contribution in [3.8, 4) is 11.4 Å². The summed E-state index contributed by atoms with van der Waals surface area (Å²) in [5.41, 5.74) is 8.77. The van der Waals surface area contributed by atoms with Crippen LogP contribution >= 0.6 is 24.2 Å². The van der Waals surface area contributed by atoms with Gasteiger partial charge in [-0.3, -0.25) is 0 Å². The zero-order valence-electron chi connectivity index (χ0n) is 9.53. The average Bonchev–Trinajstić information content (AvgIpc) is 2.29. The molecule has 0 radical (unpaired) electrons. The lowest BCUT2D eigenvalue weighted by atomic mass is 10.2. The Morgan fingerprint density at radius 2 is 1.76 bits per heavy atom. The second kappa shape index (κ2) is 4.55. The number of nitrogens with zero attached hydrogens (tertiary/aromatic N) is 2. The molecule has 0 spiro atoms. The number of thiol groups is 1. The molecule has 3 nitrogen and oxygen atoms in total. The van der Waals surface area contributed by atoms with E-state index < -0.39 is 0 Å². The summed E-state index contributed by atoms with van der Waals surface area (Å²) in [6.07, 6.45) is 0. The first-order chi connectivity index (χ1) is 7.99. The van der Waals surface area contributed by atoms with E-state index in [4.69, 9.17) is 17.3 Å². The molecule has 2 aromatic rings. The molecule has 0 saturated heterocycles. The number of aromatic nitrogens is 2. The van der Waals surface area contributed by atoms with Crippen molar-refractivity contribution in [2.45, 2.75) is 18.7 Å². The summed E-state index contributed by atoms with van der Waals surface area (Å²) in [6, 6.07) is 5.51. The van der Waals surface area contributed by atoms with Gasteiger partial charge in [0.1, 0.15) is 0 Å². The number of aryl methyl sites for hydroxylation is 2. The first kappa shape index (κ1) is 12.2. The molecule has 0 fully saturated rings.